The molecule has 2 aromatic carbocycles. The zero-order valence-electron chi connectivity index (χ0n) is 45.3. The first-order valence-corrected chi connectivity index (χ1v) is 31.5. The molecule has 72 heavy (non-hydrogen) atoms. The van der Waals surface area contributed by atoms with E-state index in [-0.39, 0.29) is 30.4 Å². The number of Topliss-reactive ketones (excluding diaryl/α,β-unsaturated/α-hetero) is 1. The van der Waals surface area contributed by atoms with Crippen LogP contribution in [0.25, 0.3) is 0 Å². The Kier molecular flexibility index (Phi) is 15.8. The van der Waals surface area contributed by atoms with Gasteiger partial charge < -0.3 is 37.6 Å². The summed E-state index contributed by atoms with van der Waals surface area (Å²) >= 11 is 0. The maximum absolute atomic E-state index is 17.0. The van der Waals surface area contributed by atoms with Gasteiger partial charge in [-0.2, -0.15) is 0 Å². The molecule has 3 saturated carbocycles. The van der Waals surface area contributed by atoms with Crippen molar-refractivity contribution in [2.45, 2.75) is 206 Å². The second-order valence-corrected chi connectivity index (χ2v) is 32.3. The number of esters is 3. The van der Waals surface area contributed by atoms with E-state index in [9.17, 15) is 19.5 Å². The molecule has 5 aliphatic rings. The van der Waals surface area contributed by atoms with Crippen molar-refractivity contribution < 1.29 is 61.6 Å². The summed E-state index contributed by atoms with van der Waals surface area (Å²) in [5.41, 5.74) is -5.50. The quantitative estimate of drug-likeness (QED) is 0.0729. The number of hydrogen-bond acceptors (Lipinski definition) is 13. The van der Waals surface area contributed by atoms with E-state index in [1.54, 1.807) is 75.4 Å². The highest BCUT2D eigenvalue weighted by Crippen LogP contribution is 2.71. The molecule has 2 bridgehead atoms. The molecule has 0 aromatic heterocycles. The first kappa shape index (κ1) is 55.6. The fourth-order valence-electron chi connectivity index (χ4n) is 13.1. The van der Waals surface area contributed by atoms with E-state index in [1.165, 1.54) is 11.8 Å². The number of ether oxygens (including phenoxy) is 5. The summed E-state index contributed by atoms with van der Waals surface area (Å²) in [6, 6.07) is 21.1. The Bertz CT molecular complexity index is 2360. The van der Waals surface area contributed by atoms with Crippen molar-refractivity contribution in [2.24, 2.45) is 22.7 Å². The van der Waals surface area contributed by atoms with Crippen LogP contribution < -0.4 is 0 Å². The van der Waals surface area contributed by atoms with Gasteiger partial charge in [0.05, 0.1) is 29.0 Å². The summed E-state index contributed by atoms with van der Waals surface area (Å²) in [6.07, 6.45) is -6.27. The van der Waals surface area contributed by atoms with Gasteiger partial charge in [-0.1, -0.05) is 104 Å². The first-order chi connectivity index (χ1) is 33.8. The molecule has 0 radical (unpaired) electrons. The highest BCUT2D eigenvalue weighted by Gasteiger charge is 2.81. The Morgan fingerprint density at radius 3 is 1.90 bits per heavy atom. The van der Waals surface area contributed by atoms with Crippen LogP contribution in [0.5, 0.6) is 0 Å². The van der Waals surface area contributed by atoms with Gasteiger partial charge in [-0.05, 0) is 113 Å². The van der Waals surface area contributed by atoms with Gasteiger partial charge in [0.1, 0.15) is 41.8 Å². The fourth-order valence-corrected chi connectivity index (χ4v) is 18.8. The molecule has 11 atom stereocenters. The molecule has 2 aromatic rings. The lowest BCUT2D eigenvalue weighted by atomic mass is 9.47. The minimum absolute atomic E-state index is 0.220. The number of benzene rings is 2. The topological polar surface area (TPSA) is 173 Å². The molecule has 1 aliphatic heterocycles. The lowest BCUT2D eigenvalue weighted by molar-refractivity contribution is -0.244. The standard InChI is InChI=1S/C56H81NO13Si2/c1-15-71(16-2,17-3)69-41-31-39-32-55(39,67-36(8)58)46-48(66-49(60)38-29-25-22-26-30-38)56(63)33-40(35(7)42(53(56,12)13)44(47(59)54(41,46)14)70-72(18-4,19-5)20-6)65-50(61)45-43(37-27-23-21-24-28-37)57(34-64-45)51(62)68-52(9,10)11/h21-30,39-41,43-46,48,63H,15-20,31-34H2,1-14H3/t39?,40-,41-,43-,44+,45+,46-,48-,54+,55-,56+/m0/s1. The minimum Gasteiger partial charge on any atom is -0.458 e. The van der Waals surface area contributed by atoms with E-state index in [1.807, 2.05) is 33.8 Å². The molecule has 14 nitrogen and oxygen atoms in total. The summed E-state index contributed by atoms with van der Waals surface area (Å²) in [5, 5.41) is 14.4. The van der Waals surface area contributed by atoms with Gasteiger partial charge >= 0.3 is 24.0 Å². The molecule has 1 heterocycles. The van der Waals surface area contributed by atoms with Gasteiger partial charge in [-0.15, -0.1) is 0 Å². The Hall–Kier alpha value is -4.20. The van der Waals surface area contributed by atoms with E-state index in [0.717, 1.165) is 18.1 Å². The maximum atomic E-state index is 17.0. The summed E-state index contributed by atoms with van der Waals surface area (Å²) in [5.74, 6) is -3.86. The van der Waals surface area contributed by atoms with Crippen molar-refractivity contribution in [3.63, 3.8) is 0 Å². The third kappa shape index (κ3) is 9.58. The van der Waals surface area contributed by atoms with Gasteiger partial charge in [-0.3, -0.25) is 14.5 Å². The third-order valence-corrected chi connectivity index (χ3v) is 27.1. The average Bonchev–Trinajstić information content (AvgIpc) is 3.83. The lowest BCUT2D eigenvalue weighted by Crippen LogP contribution is -2.74. The Morgan fingerprint density at radius 1 is 0.806 bits per heavy atom. The number of nitrogens with zero attached hydrogens (tertiary/aromatic N) is 1. The molecule has 4 fully saturated rings. The van der Waals surface area contributed by atoms with Crippen LogP contribution in [0.1, 0.15) is 138 Å². The normalized spacial score (nSPS) is 32.2. The monoisotopic (exact) mass is 1030 g/mol. The van der Waals surface area contributed by atoms with Crippen LogP contribution >= 0.6 is 0 Å². The van der Waals surface area contributed by atoms with Crippen LogP contribution in [0.15, 0.2) is 71.8 Å². The van der Waals surface area contributed by atoms with E-state index < -0.39 is 111 Å². The molecule has 1 saturated heterocycles. The molecule has 1 unspecified atom stereocenters. The van der Waals surface area contributed by atoms with Crippen molar-refractivity contribution in [2.75, 3.05) is 6.73 Å². The van der Waals surface area contributed by atoms with Gasteiger partial charge in [0, 0.05) is 24.7 Å². The Balaban J connectivity index is 1.48. The number of amides is 1. The largest absolute Gasteiger partial charge is 0.458 e. The summed E-state index contributed by atoms with van der Waals surface area (Å²) in [7, 11) is -5.26. The molecule has 4 aliphatic carbocycles. The molecule has 16 heteroatoms. The van der Waals surface area contributed by atoms with Crippen LogP contribution in [0.4, 0.5) is 4.79 Å². The Morgan fingerprint density at radius 2 is 1.36 bits per heavy atom. The molecule has 0 spiro atoms. The second-order valence-electron chi connectivity index (χ2n) is 22.9. The summed E-state index contributed by atoms with van der Waals surface area (Å²) < 4.78 is 47.1. The average molecular weight is 1030 g/mol. The second kappa shape index (κ2) is 20.5. The number of aliphatic hydroxyl groups is 1. The van der Waals surface area contributed by atoms with Gasteiger partial charge in [-0.25, -0.2) is 14.4 Å². The molecule has 1 N–H and O–H groups in total. The highest BCUT2D eigenvalue weighted by molar-refractivity contribution is 6.74. The van der Waals surface area contributed by atoms with Crippen LogP contribution in [0, 0.1) is 22.7 Å². The number of rotatable bonds is 16. The minimum atomic E-state index is -2.75. The van der Waals surface area contributed by atoms with Crippen LogP contribution in [-0.2, 0) is 46.9 Å². The summed E-state index contributed by atoms with van der Waals surface area (Å²) in [4.78, 5) is 75.6. The van der Waals surface area contributed by atoms with Crippen LogP contribution in [0.3, 0.4) is 0 Å². The first-order valence-electron chi connectivity index (χ1n) is 26.5. The van der Waals surface area contributed by atoms with Crippen LogP contribution in [0.2, 0.25) is 36.3 Å². The number of ketones is 1. The number of carbonyl (C=O) groups excluding carboxylic acids is 5. The van der Waals surface area contributed by atoms with Crippen LogP contribution in [-0.4, -0.2) is 110 Å². The molecular formula is C56H81NO13Si2. The third-order valence-electron chi connectivity index (χ3n) is 17.9. The molecule has 7 rings (SSSR count). The van der Waals surface area contributed by atoms with Crippen molar-refractivity contribution in [1.82, 2.24) is 4.90 Å². The summed E-state index contributed by atoms with van der Waals surface area (Å²) in [6.45, 7) is 26.4. The van der Waals surface area contributed by atoms with E-state index >= 15 is 9.59 Å². The fraction of sp³-hybridized carbons (Fsp3) is 0.661. The predicted octanol–water partition coefficient (Wildman–Crippen LogP) is 10.6. The molecule has 1 amide bonds. The van der Waals surface area contributed by atoms with Gasteiger partial charge in [0.2, 0.25) is 0 Å². The molecule has 396 valence electrons. The van der Waals surface area contributed by atoms with E-state index in [0.29, 0.717) is 47.7 Å². The zero-order valence-corrected chi connectivity index (χ0v) is 47.3. The SMILES string of the molecule is CC[Si](CC)(CC)O[C@H]1C(=O)[C@]2(C)[C@@H](O[Si](CC)(CC)CC)CC3C[C@@]3(OC(C)=O)[C@H]2[C@H](OC(=O)c2ccccc2)[C@]2(O)C[C@H](OC(=O)[C@@H]3OCN(C(=O)OC(C)(C)C)[C@H]3c3ccccc3)C(C)=C1C2(C)C. The number of fused-ring (bicyclic) bond motifs is 5. The van der Waals surface area contributed by atoms with Crippen molar-refractivity contribution in [3.05, 3.63) is 82.9 Å². The van der Waals surface area contributed by atoms with Crippen molar-refractivity contribution >= 4 is 46.4 Å². The van der Waals surface area contributed by atoms with Crippen molar-refractivity contribution in [1.29, 1.82) is 0 Å². The molecular weight excluding hydrogens is 951 g/mol. The smallest absolute Gasteiger partial charge is 0.412 e. The Labute approximate surface area is 429 Å². The van der Waals surface area contributed by atoms with Crippen molar-refractivity contribution in [3.8, 4) is 0 Å². The van der Waals surface area contributed by atoms with E-state index in [4.69, 9.17) is 32.5 Å². The maximum Gasteiger partial charge on any atom is 0.412 e. The highest BCUT2D eigenvalue weighted by atomic mass is 28.4. The lowest BCUT2D eigenvalue weighted by Gasteiger charge is -2.63. The predicted molar refractivity (Wildman–Crippen MR) is 277 cm³/mol. The van der Waals surface area contributed by atoms with Gasteiger partial charge in [0.15, 0.2) is 28.5 Å². The number of carbonyl (C=O) groups is 5. The number of hydrogen-bond donors (Lipinski definition) is 1. The van der Waals surface area contributed by atoms with E-state index in [2.05, 4.69) is 41.5 Å². The zero-order chi connectivity index (χ0) is 53.0. The van der Waals surface area contributed by atoms with Gasteiger partial charge in [0.25, 0.3) is 0 Å².